The van der Waals surface area contributed by atoms with Crippen LogP contribution in [0, 0.1) is 0 Å². The summed E-state index contributed by atoms with van der Waals surface area (Å²) in [6, 6.07) is 10.1. The lowest BCUT2D eigenvalue weighted by molar-refractivity contribution is -0.236. The van der Waals surface area contributed by atoms with Crippen molar-refractivity contribution in [2.24, 2.45) is 0 Å². The Bertz CT molecular complexity index is 1180. The molecule has 13 nitrogen and oxygen atoms in total. The molecule has 7 aliphatic rings. The number of aliphatic hydroxyl groups is 1. The van der Waals surface area contributed by atoms with E-state index >= 15 is 0 Å². The first-order valence-corrected chi connectivity index (χ1v) is 17.2. The number of ether oxygens (including phenoxy) is 12. The number of hydrogen-bond acceptors (Lipinski definition) is 13. The van der Waals surface area contributed by atoms with Gasteiger partial charge in [0.2, 0.25) is 0 Å². The monoisotopic (exact) mass is 682 g/mol. The normalized spacial score (nSPS) is 41.3. The first kappa shape index (κ1) is 36.5. The molecular weight excluding hydrogens is 628 g/mol. The van der Waals surface area contributed by atoms with Gasteiger partial charge in [-0.3, -0.25) is 0 Å². The molecule has 0 radical (unpaired) electrons. The number of hydrogen-bond donors (Lipinski definition) is 1. The molecular formula is C35H54O13. The lowest BCUT2D eigenvalue weighted by Gasteiger charge is -2.29. The Morgan fingerprint density at radius 1 is 0.625 bits per heavy atom. The molecule has 1 aromatic carbocycles. The van der Waals surface area contributed by atoms with Crippen molar-refractivity contribution in [3.05, 3.63) is 35.9 Å². The average Bonchev–Trinajstić information content (AvgIpc) is 3.86. The van der Waals surface area contributed by atoms with E-state index in [0.717, 1.165) is 18.8 Å². The molecule has 0 aromatic heterocycles. The molecule has 7 aliphatic heterocycles. The van der Waals surface area contributed by atoms with Crippen molar-refractivity contribution < 1.29 is 61.9 Å². The zero-order valence-electron chi connectivity index (χ0n) is 29.5. The fourth-order valence-corrected chi connectivity index (χ4v) is 6.85. The van der Waals surface area contributed by atoms with Crippen LogP contribution in [-0.2, 0) is 63.4 Å². The van der Waals surface area contributed by atoms with Crippen LogP contribution in [0.4, 0.5) is 0 Å². The first-order chi connectivity index (χ1) is 22.6. The molecule has 7 saturated heterocycles. The quantitative estimate of drug-likeness (QED) is 0.484. The van der Waals surface area contributed by atoms with Crippen LogP contribution in [0.25, 0.3) is 0 Å². The average molecular weight is 683 g/mol. The highest BCUT2D eigenvalue weighted by atomic mass is 16.9. The minimum absolute atomic E-state index is 0.211. The molecule has 10 unspecified atom stereocenters. The van der Waals surface area contributed by atoms with Crippen molar-refractivity contribution in [2.45, 2.75) is 159 Å². The number of fused-ring (bicyclic) bond motifs is 2. The molecule has 10 atom stereocenters. The highest BCUT2D eigenvalue weighted by molar-refractivity contribution is 5.13. The van der Waals surface area contributed by atoms with E-state index in [-0.39, 0.29) is 30.5 Å². The second-order valence-corrected chi connectivity index (χ2v) is 14.9. The summed E-state index contributed by atoms with van der Waals surface area (Å²) in [7, 11) is 0. The molecule has 272 valence electrons. The highest BCUT2D eigenvalue weighted by Gasteiger charge is 2.59. The van der Waals surface area contributed by atoms with Crippen LogP contribution in [0.1, 0.15) is 73.8 Å². The summed E-state index contributed by atoms with van der Waals surface area (Å²) in [5.74, 6) is -2.64. The van der Waals surface area contributed by atoms with Crippen LogP contribution >= 0.6 is 0 Å². The van der Waals surface area contributed by atoms with Crippen LogP contribution in [-0.4, -0.2) is 116 Å². The lowest BCUT2D eigenvalue weighted by atomic mass is 10.1. The maximum Gasteiger partial charge on any atom is 0.190 e. The van der Waals surface area contributed by atoms with Gasteiger partial charge in [0.15, 0.2) is 35.7 Å². The molecule has 0 bridgehead atoms. The third-order valence-electron chi connectivity index (χ3n) is 8.99. The number of benzene rings is 1. The molecule has 48 heavy (non-hydrogen) atoms. The second kappa shape index (κ2) is 14.4. The van der Waals surface area contributed by atoms with E-state index in [1.165, 1.54) is 12.8 Å². The maximum atomic E-state index is 10.3. The van der Waals surface area contributed by atoms with Gasteiger partial charge in [-0.2, -0.15) is 0 Å². The third-order valence-corrected chi connectivity index (χ3v) is 8.99. The standard InChI is InChI=1S/C19H26O6.C12H20O6.C4H8O/c1-18(2)21-11-13(23-18)14-15(20-10-12-8-6-5-7-9-12)16-17(22-14)25-19(3,4)24-16;1-11(2)14-5-6(16-11)8-7(13)9-10(15-8)18-12(3,4)17-9;1-2-4-5-3-1/h5-9,13-17H,10-11H2,1-4H3;6-10,13H,5H2,1-4H3;1-4H2. The summed E-state index contributed by atoms with van der Waals surface area (Å²) in [6.45, 7) is 18.2. The predicted octanol–water partition coefficient (Wildman–Crippen LogP) is 3.77. The molecule has 0 aliphatic carbocycles. The Hall–Kier alpha value is -1.30. The Labute approximate surface area is 283 Å². The van der Waals surface area contributed by atoms with E-state index in [4.69, 9.17) is 56.8 Å². The zero-order chi connectivity index (χ0) is 34.3. The molecule has 0 saturated carbocycles. The summed E-state index contributed by atoms with van der Waals surface area (Å²) in [5, 5.41) is 10.3. The lowest BCUT2D eigenvalue weighted by Crippen LogP contribution is -2.44. The van der Waals surface area contributed by atoms with Gasteiger partial charge in [-0.25, -0.2) is 0 Å². The minimum Gasteiger partial charge on any atom is -0.387 e. The van der Waals surface area contributed by atoms with Gasteiger partial charge in [0.1, 0.15) is 48.8 Å². The topological polar surface area (TPSA) is 131 Å². The number of aliphatic hydroxyl groups excluding tert-OH is 1. The Balaban J connectivity index is 0.000000151. The van der Waals surface area contributed by atoms with E-state index in [2.05, 4.69) is 0 Å². The van der Waals surface area contributed by atoms with Gasteiger partial charge in [-0.05, 0) is 73.8 Å². The van der Waals surface area contributed by atoms with E-state index in [1.807, 2.05) is 71.9 Å². The van der Waals surface area contributed by atoms with Crippen LogP contribution in [0.2, 0.25) is 0 Å². The summed E-state index contributed by atoms with van der Waals surface area (Å²) in [5.41, 5.74) is 1.10. The van der Waals surface area contributed by atoms with Crippen molar-refractivity contribution in [3.8, 4) is 0 Å². The van der Waals surface area contributed by atoms with Crippen LogP contribution < -0.4 is 0 Å². The fourth-order valence-electron chi connectivity index (χ4n) is 6.85. The van der Waals surface area contributed by atoms with E-state index in [0.29, 0.717) is 19.8 Å². The zero-order valence-corrected chi connectivity index (χ0v) is 29.5. The largest absolute Gasteiger partial charge is 0.387 e. The summed E-state index contributed by atoms with van der Waals surface area (Å²) in [4.78, 5) is 0. The van der Waals surface area contributed by atoms with Gasteiger partial charge in [-0.15, -0.1) is 0 Å². The molecule has 0 spiro atoms. The van der Waals surface area contributed by atoms with Crippen LogP contribution in [0.3, 0.4) is 0 Å². The van der Waals surface area contributed by atoms with E-state index in [1.54, 1.807) is 13.8 Å². The van der Waals surface area contributed by atoms with Crippen molar-refractivity contribution in [3.63, 3.8) is 0 Å². The Kier molecular flexibility index (Phi) is 10.9. The second-order valence-electron chi connectivity index (χ2n) is 14.9. The Morgan fingerprint density at radius 2 is 1.15 bits per heavy atom. The summed E-state index contributed by atoms with van der Waals surface area (Å²) in [6.07, 6.45) is -1.50. The van der Waals surface area contributed by atoms with Gasteiger partial charge in [0.25, 0.3) is 0 Å². The van der Waals surface area contributed by atoms with Gasteiger partial charge >= 0.3 is 0 Å². The minimum atomic E-state index is -0.765. The summed E-state index contributed by atoms with van der Waals surface area (Å²) < 4.78 is 69.0. The van der Waals surface area contributed by atoms with Crippen LogP contribution in [0.15, 0.2) is 30.3 Å². The van der Waals surface area contributed by atoms with Gasteiger partial charge < -0.3 is 61.9 Å². The van der Waals surface area contributed by atoms with Crippen molar-refractivity contribution in [1.82, 2.24) is 0 Å². The first-order valence-electron chi connectivity index (χ1n) is 17.2. The highest BCUT2D eigenvalue weighted by Crippen LogP contribution is 2.43. The molecule has 7 fully saturated rings. The van der Waals surface area contributed by atoms with Crippen molar-refractivity contribution >= 4 is 0 Å². The van der Waals surface area contributed by atoms with Gasteiger partial charge in [-0.1, -0.05) is 30.3 Å². The van der Waals surface area contributed by atoms with Crippen molar-refractivity contribution in [2.75, 3.05) is 26.4 Å². The molecule has 1 aromatic rings. The molecule has 7 heterocycles. The smallest absolute Gasteiger partial charge is 0.190 e. The molecule has 8 rings (SSSR count). The maximum absolute atomic E-state index is 10.3. The molecule has 1 N–H and O–H groups in total. The third kappa shape index (κ3) is 8.76. The summed E-state index contributed by atoms with van der Waals surface area (Å²) >= 11 is 0. The predicted molar refractivity (Wildman–Crippen MR) is 168 cm³/mol. The van der Waals surface area contributed by atoms with Gasteiger partial charge in [0.05, 0.1) is 19.8 Å². The van der Waals surface area contributed by atoms with E-state index < -0.39 is 54.0 Å². The van der Waals surface area contributed by atoms with E-state index in [9.17, 15) is 5.11 Å². The van der Waals surface area contributed by atoms with Crippen molar-refractivity contribution in [1.29, 1.82) is 0 Å². The SMILES string of the molecule is C1CCOC1.CC1(C)OCC(C2OC3OC(C)(C)OC3C2O)O1.CC1(C)OCC(C2OC3OC(C)(C)OC3C2OCc2ccccc2)O1. The van der Waals surface area contributed by atoms with Crippen LogP contribution in [0.5, 0.6) is 0 Å². The fraction of sp³-hybridized carbons (Fsp3) is 0.829. The Morgan fingerprint density at radius 3 is 1.65 bits per heavy atom. The molecule has 13 heteroatoms. The number of rotatable bonds is 5. The van der Waals surface area contributed by atoms with Gasteiger partial charge in [0, 0.05) is 13.2 Å². The molecule has 0 amide bonds.